The van der Waals surface area contributed by atoms with Crippen molar-refractivity contribution in [1.82, 2.24) is 0 Å². The van der Waals surface area contributed by atoms with Crippen LogP contribution in [0.4, 0.5) is 8.78 Å². The average molecular weight is 310 g/mol. The summed E-state index contributed by atoms with van der Waals surface area (Å²) in [5, 5.41) is 0. The van der Waals surface area contributed by atoms with E-state index in [1.54, 1.807) is 30.3 Å². The Morgan fingerprint density at radius 1 is 0.952 bits per heavy atom. The predicted molar refractivity (Wildman–Crippen MR) is 73.6 cm³/mol. The van der Waals surface area contributed by atoms with Crippen molar-refractivity contribution in [2.75, 3.05) is 5.75 Å². The Bertz CT molecular complexity index is 756. The van der Waals surface area contributed by atoms with Crippen molar-refractivity contribution in [2.24, 2.45) is 0 Å². The van der Waals surface area contributed by atoms with Crippen molar-refractivity contribution in [3.8, 4) is 0 Å². The molecule has 0 aliphatic carbocycles. The molecule has 0 saturated carbocycles. The zero-order chi connectivity index (χ0) is 15.5. The zero-order valence-electron chi connectivity index (χ0n) is 10.9. The minimum absolute atomic E-state index is 0.0241. The third-order valence-corrected chi connectivity index (χ3v) is 4.52. The Kier molecular flexibility index (Phi) is 4.47. The molecule has 2 aromatic carbocycles. The number of ketones is 1. The van der Waals surface area contributed by atoms with E-state index < -0.39 is 37.9 Å². The first-order valence-electron chi connectivity index (χ1n) is 6.12. The highest BCUT2D eigenvalue weighted by Crippen LogP contribution is 2.16. The lowest BCUT2D eigenvalue weighted by molar-refractivity contribution is -0.116. The monoisotopic (exact) mass is 310 g/mol. The summed E-state index contributed by atoms with van der Waals surface area (Å²) in [6, 6.07) is 10.9. The lowest BCUT2D eigenvalue weighted by Gasteiger charge is -2.05. The van der Waals surface area contributed by atoms with Crippen LogP contribution in [0.25, 0.3) is 0 Å². The molecule has 2 rings (SSSR count). The molecule has 6 heteroatoms. The number of hydrogen-bond acceptors (Lipinski definition) is 3. The van der Waals surface area contributed by atoms with Gasteiger partial charge >= 0.3 is 0 Å². The van der Waals surface area contributed by atoms with E-state index >= 15 is 0 Å². The molecule has 0 heterocycles. The molecule has 0 atom stereocenters. The Morgan fingerprint density at radius 3 is 2.24 bits per heavy atom. The quantitative estimate of drug-likeness (QED) is 0.798. The fraction of sp³-hybridized carbons (Fsp3) is 0.133. The number of carbonyl (C=O) groups excluding carboxylic acids is 1. The topological polar surface area (TPSA) is 51.2 Å². The van der Waals surface area contributed by atoms with Crippen molar-refractivity contribution >= 4 is 15.6 Å². The molecular formula is C15H12F2O3S. The van der Waals surface area contributed by atoms with E-state index in [9.17, 15) is 22.0 Å². The highest BCUT2D eigenvalue weighted by molar-refractivity contribution is 7.92. The fourth-order valence-corrected chi connectivity index (χ4v) is 3.09. The molecule has 0 saturated heterocycles. The minimum Gasteiger partial charge on any atom is -0.298 e. The first-order chi connectivity index (χ1) is 9.88. The van der Waals surface area contributed by atoms with Crippen molar-refractivity contribution in [3.63, 3.8) is 0 Å². The van der Waals surface area contributed by atoms with Gasteiger partial charge in [-0.05, 0) is 23.8 Å². The maximum atomic E-state index is 13.1. The second-order valence-corrected chi connectivity index (χ2v) is 6.53. The van der Waals surface area contributed by atoms with Gasteiger partial charge in [-0.2, -0.15) is 0 Å². The van der Waals surface area contributed by atoms with Gasteiger partial charge in [0.25, 0.3) is 0 Å². The van der Waals surface area contributed by atoms with Crippen LogP contribution in [-0.2, 0) is 21.1 Å². The summed E-state index contributed by atoms with van der Waals surface area (Å²) in [6.45, 7) is 0. The zero-order valence-corrected chi connectivity index (χ0v) is 11.7. The first kappa shape index (κ1) is 15.3. The molecule has 0 aliphatic rings. The Balaban J connectivity index is 2.13. The highest BCUT2D eigenvalue weighted by Gasteiger charge is 2.20. The number of Topliss-reactive ketones (excluding diaryl/α,β-unsaturated/α-hetero) is 1. The van der Waals surface area contributed by atoms with Crippen LogP contribution in [0, 0.1) is 11.6 Å². The van der Waals surface area contributed by atoms with Gasteiger partial charge in [0.15, 0.2) is 27.3 Å². The molecular weight excluding hydrogens is 298 g/mol. The van der Waals surface area contributed by atoms with E-state index in [1.165, 1.54) is 0 Å². The molecule has 0 N–H and O–H groups in total. The van der Waals surface area contributed by atoms with Crippen LogP contribution in [0.3, 0.4) is 0 Å². The molecule has 0 radical (unpaired) electrons. The summed E-state index contributed by atoms with van der Waals surface area (Å²) in [5.74, 6) is -3.64. The first-order valence-corrected chi connectivity index (χ1v) is 7.77. The van der Waals surface area contributed by atoms with Crippen LogP contribution in [0.5, 0.6) is 0 Å². The van der Waals surface area contributed by atoms with Crippen molar-refractivity contribution in [1.29, 1.82) is 0 Å². The number of hydrogen-bond donors (Lipinski definition) is 0. The summed E-state index contributed by atoms with van der Waals surface area (Å²) in [4.78, 5) is 11.4. The van der Waals surface area contributed by atoms with Crippen molar-refractivity contribution < 1.29 is 22.0 Å². The van der Waals surface area contributed by atoms with Crippen LogP contribution in [-0.4, -0.2) is 20.0 Å². The minimum atomic E-state index is -3.98. The van der Waals surface area contributed by atoms with Gasteiger partial charge in [0.2, 0.25) is 0 Å². The Hall–Kier alpha value is -2.08. The number of rotatable bonds is 5. The predicted octanol–water partition coefficient (Wildman–Crippen LogP) is 2.55. The summed E-state index contributed by atoms with van der Waals surface area (Å²) < 4.78 is 49.8. The normalized spacial score (nSPS) is 11.3. The smallest absolute Gasteiger partial charge is 0.185 e. The lowest BCUT2D eigenvalue weighted by atomic mass is 10.1. The molecule has 110 valence electrons. The largest absolute Gasteiger partial charge is 0.298 e. The van der Waals surface area contributed by atoms with E-state index in [0.717, 1.165) is 12.1 Å². The van der Waals surface area contributed by atoms with E-state index in [1.807, 2.05) is 0 Å². The van der Waals surface area contributed by atoms with Crippen LogP contribution in [0.2, 0.25) is 0 Å². The molecule has 0 aromatic heterocycles. The molecule has 0 aliphatic heterocycles. The molecule has 2 aromatic rings. The Labute approximate surface area is 121 Å². The standard InChI is InChI=1S/C15H12F2O3S/c16-14-7-6-13(9-15(14)17)21(19,20)10-12(18)8-11-4-2-1-3-5-11/h1-7,9H,8,10H2. The molecule has 3 nitrogen and oxygen atoms in total. The van der Waals surface area contributed by atoms with E-state index in [2.05, 4.69) is 0 Å². The summed E-state index contributed by atoms with van der Waals surface area (Å²) in [6.07, 6.45) is -0.0241. The van der Waals surface area contributed by atoms with Gasteiger partial charge < -0.3 is 0 Å². The van der Waals surface area contributed by atoms with Gasteiger partial charge in [-0.3, -0.25) is 4.79 Å². The summed E-state index contributed by atoms with van der Waals surface area (Å²) in [5.41, 5.74) is 0.697. The third-order valence-electron chi connectivity index (χ3n) is 2.85. The van der Waals surface area contributed by atoms with Gasteiger partial charge in [0.05, 0.1) is 4.90 Å². The number of sulfone groups is 1. The van der Waals surface area contributed by atoms with Gasteiger partial charge in [-0.15, -0.1) is 0 Å². The van der Waals surface area contributed by atoms with Gasteiger partial charge in [0, 0.05) is 6.42 Å². The van der Waals surface area contributed by atoms with Crippen molar-refractivity contribution in [2.45, 2.75) is 11.3 Å². The highest BCUT2D eigenvalue weighted by atomic mass is 32.2. The maximum absolute atomic E-state index is 13.1. The molecule has 0 fully saturated rings. The third kappa shape index (κ3) is 3.95. The second kappa shape index (κ2) is 6.13. The van der Waals surface area contributed by atoms with Crippen LogP contribution in [0.1, 0.15) is 5.56 Å². The number of carbonyl (C=O) groups is 1. The van der Waals surface area contributed by atoms with Gasteiger partial charge in [-0.25, -0.2) is 17.2 Å². The molecule has 21 heavy (non-hydrogen) atoms. The summed E-state index contributed by atoms with van der Waals surface area (Å²) in [7, 11) is -3.98. The fourth-order valence-electron chi connectivity index (χ4n) is 1.84. The molecule has 0 unspecified atom stereocenters. The van der Waals surface area contributed by atoms with Gasteiger partial charge in [-0.1, -0.05) is 30.3 Å². The van der Waals surface area contributed by atoms with Crippen LogP contribution < -0.4 is 0 Å². The van der Waals surface area contributed by atoms with Gasteiger partial charge in [0.1, 0.15) is 5.75 Å². The average Bonchev–Trinajstić information content (AvgIpc) is 2.42. The Morgan fingerprint density at radius 2 is 1.62 bits per heavy atom. The molecule has 0 bridgehead atoms. The van der Waals surface area contributed by atoms with Crippen LogP contribution in [0.15, 0.2) is 53.4 Å². The molecule has 0 spiro atoms. The summed E-state index contributed by atoms with van der Waals surface area (Å²) >= 11 is 0. The van der Waals surface area contributed by atoms with E-state index in [4.69, 9.17) is 0 Å². The maximum Gasteiger partial charge on any atom is 0.185 e. The number of benzene rings is 2. The lowest BCUT2D eigenvalue weighted by Crippen LogP contribution is -2.18. The van der Waals surface area contributed by atoms with Crippen LogP contribution >= 0.6 is 0 Å². The number of halogens is 2. The molecule has 0 amide bonds. The van der Waals surface area contributed by atoms with E-state index in [-0.39, 0.29) is 6.42 Å². The van der Waals surface area contributed by atoms with E-state index in [0.29, 0.717) is 11.6 Å². The SMILES string of the molecule is O=C(Cc1ccccc1)CS(=O)(=O)c1ccc(F)c(F)c1. The second-order valence-electron chi connectivity index (χ2n) is 4.54. The van der Waals surface area contributed by atoms with Crippen molar-refractivity contribution in [3.05, 3.63) is 65.7 Å².